The summed E-state index contributed by atoms with van der Waals surface area (Å²) in [5, 5.41) is 24.3. The highest BCUT2D eigenvalue weighted by molar-refractivity contribution is 6.31. The number of ketones is 3. The third-order valence-electron chi connectivity index (χ3n) is 7.75. The van der Waals surface area contributed by atoms with Crippen LogP contribution in [0.2, 0.25) is 0 Å². The molecule has 3 N–H and O–H groups in total. The van der Waals surface area contributed by atoms with Gasteiger partial charge in [-0.1, -0.05) is 24.3 Å². The Balaban J connectivity index is 1.45. The molecule has 5 rings (SSSR count). The number of benzene rings is 2. The quantitative estimate of drug-likeness (QED) is 0.321. The third kappa shape index (κ3) is 3.60. The third-order valence-corrected chi connectivity index (χ3v) is 7.75. The molecule has 0 bridgehead atoms. The van der Waals surface area contributed by atoms with Crippen molar-refractivity contribution in [1.29, 1.82) is 0 Å². The minimum Gasteiger partial charge on any atom is -0.507 e. The van der Waals surface area contributed by atoms with Gasteiger partial charge in [-0.2, -0.15) is 0 Å². The lowest BCUT2D eigenvalue weighted by Gasteiger charge is -2.30. The lowest BCUT2D eigenvalue weighted by molar-refractivity contribution is -0.131. The minimum absolute atomic E-state index is 0.0232. The first-order chi connectivity index (χ1) is 18.0. The number of aromatic hydroxyl groups is 2. The van der Waals surface area contributed by atoms with Gasteiger partial charge in [0.25, 0.3) is 0 Å². The highest BCUT2D eigenvalue weighted by Crippen LogP contribution is 2.57. The van der Waals surface area contributed by atoms with Crippen LogP contribution >= 0.6 is 0 Å². The summed E-state index contributed by atoms with van der Waals surface area (Å²) < 4.78 is 5.77. The Bertz CT molecular complexity index is 1520. The number of Topliss-reactive ketones (excluding diaryl/α,β-unsaturated/α-hetero) is 2. The number of phenolic OH excluding ortho intramolecular Hbond substituents is 2. The second kappa shape index (κ2) is 8.86. The number of phenols is 2. The normalized spacial score (nSPS) is 21.2. The maximum atomic E-state index is 13.9. The molecule has 2 aliphatic heterocycles. The predicted molar refractivity (Wildman–Crippen MR) is 137 cm³/mol. The number of nitrogens with zero attached hydrogens (tertiary/aromatic N) is 1. The van der Waals surface area contributed by atoms with Crippen LogP contribution < -0.4 is 10.1 Å². The zero-order valence-corrected chi connectivity index (χ0v) is 21.6. The fourth-order valence-corrected chi connectivity index (χ4v) is 5.48. The van der Waals surface area contributed by atoms with Crippen LogP contribution in [0.5, 0.6) is 17.2 Å². The van der Waals surface area contributed by atoms with Crippen LogP contribution in [-0.2, 0) is 32.8 Å². The molecule has 0 radical (unpaired) electrons. The molecule has 9 heteroatoms. The smallest absolute Gasteiger partial charge is 0.242 e. The van der Waals surface area contributed by atoms with Crippen LogP contribution in [0.3, 0.4) is 0 Å². The molecule has 38 heavy (non-hydrogen) atoms. The first-order valence-electron chi connectivity index (χ1n) is 12.3. The number of nitrogens with one attached hydrogen (secondary N) is 1. The van der Waals surface area contributed by atoms with E-state index in [2.05, 4.69) is 11.4 Å². The number of carbonyl (C=O) groups is 4. The van der Waals surface area contributed by atoms with E-state index in [0.29, 0.717) is 13.1 Å². The molecular weight excluding hydrogens is 488 g/mol. The van der Waals surface area contributed by atoms with Crippen LogP contribution in [0.25, 0.3) is 0 Å². The number of amides is 1. The summed E-state index contributed by atoms with van der Waals surface area (Å²) in [5.74, 6) is -2.95. The number of hydrogen-bond acceptors (Lipinski definition) is 8. The van der Waals surface area contributed by atoms with Gasteiger partial charge in [-0.3, -0.25) is 19.2 Å². The molecule has 2 aromatic carbocycles. The van der Waals surface area contributed by atoms with Gasteiger partial charge in [-0.15, -0.1) is 0 Å². The maximum absolute atomic E-state index is 13.9. The lowest BCUT2D eigenvalue weighted by Crippen LogP contribution is -2.43. The highest BCUT2D eigenvalue weighted by atomic mass is 16.5. The minimum atomic E-state index is -1.60. The fraction of sp³-hybridized carbons (Fsp3) is 0.310. The van der Waals surface area contributed by atoms with Gasteiger partial charge in [0, 0.05) is 30.4 Å². The molecule has 0 unspecified atom stereocenters. The first-order valence-corrected chi connectivity index (χ1v) is 12.3. The largest absolute Gasteiger partial charge is 0.507 e. The Morgan fingerprint density at radius 1 is 1.11 bits per heavy atom. The predicted octanol–water partition coefficient (Wildman–Crippen LogP) is 2.74. The summed E-state index contributed by atoms with van der Waals surface area (Å²) in [7, 11) is 0. The summed E-state index contributed by atoms with van der Waals surface area (Å²) >= 11 is 0. The second-order valence-electron chi connectivity index (χ2n) is 10.1. The molecule has 0 saturated carbocycles. The Kier molecular flexibility index (Phi) is 5.89. The SMILES string of the molecule is CC(=O)c1c(O)c(C)c(O)c2c1OC1=CC(=O)/C(=C(/C)NCC(=O)N3CCc4ccccc4C3)C(=O)[C@@]12C. The van der Waals surface area contributed by atoms with Crippen LogP contribution in [0, 0.1) is 6.92 Å². The number of rotatable bonds is 4. The molecule has 3 aliphatic rings. The summed E-state index contributed by atoms with van der Waals surface area (Å²) in [6.07, 6.45) is 1.91. The molecule has 0 saturated heterocycles. The van der Waals surface area contributed by atoms with Crippen LogP contribution in [0.1, 0.15) is 53.4 Å². The van der Waals surface area contributed by atoms with Gasteiger partial charge >= 0.3 is 0 Å². The monoisotopic (exact) mass is 516 g/mol. The molecule has 2 aromatic rings. The maximum Gasteiger partial charge on any atom is 0.242 e. The molecule has 0 fully saturated rings. The molecule has 1 atom stereocenters. The van der Waals surface area contributed by atoms with E-state index < -0.39 is 28.5 Å². The molecule has 1 amide bonds. The van der Waals surface area contributed by atoms with Gasteiger partial charge in [0.2, 0.25) is 5.91 Å². The van der Waals surface area contributed by atoms with Crippen molar-refractivity contribution in [2.75, 3.05) is 13.1 Å². The van der Waals surface area contributed by atoms with Crippen LogP contribution in [0.15, 0.2) is 47.4 Å². The molecule has 0 aromatic heterocycles. The van der Waals surface area contributed by atoms with Gasteiger partial charge in [-0.05, 0) is 45.2 Å². The zero-order chi connectivity index (χ0) is 27.5. The van der Waals surface area contributed by atoms with E-state index >= 15 is 0 Å². The number of fused-ring (bicyclic) bond motifs is 4. The lowest BCUT2D eigenvalue weighted by atomic mass is 9.70. The van der Waals surface area contributed by atoms with Crippen molar-refractivity contribution >= 4 is 23.3 Å². The molecule has 196 valence electrons. The van der Waals surface area contributed by atoms with Crippen molar-refractivity contribution in [2.24, 2.45) is 0 Å². The standard InChI is InChI=1S/C29H28N2O7/c1-14-25(35)23(16(3)32)27-24(26(14)36)29(4)20(38-27)11-19(33)22(28(29)37)15(2)30-12-21(34)31-10-9-17-7-5-6-8-18(17)13-31/h5-8,11,30,35-36H,9-10,12-13H2,1-4H3/b22-15+/t29-/m0/s1. The van der Waals surface area contributed by atoms with Crippen molar-refractivity contribution in [3.63, 3.8) is 0 Å². The average molecular weight is 517 g/mol. The summed E-state index contributed by atoms with van der Waals surface area (Å²) in [5.41, 5.74) is 0.647. The van der Waals surface area contributed by atoms with E-state index in [-0.39, 0.29) is 57.7 Å². The number of carbonyl (C=O) groups excluding carboxylic acids is 4. The van der Waals surface area contributed by atoms with Gasteiger partial charge < -0.3 is 25.2 Å². The van der Waals surface area contributed by atoms with E-state index in [9.17, 15) is 29.4 Å². The van der Waals surface area contributed by atoms with Crippen molar-refractivity contribution in [3.05, 3.63) is 75.2 Å². The average Bonchev–Trinajstić information content (AvgIpc) is 3.18. The van der Waals surface area contributed by atoms with Crippen molar-refractivity contribution in [2.45, 2.75) is 46.1 Å². The van der Waals surface area contributed by atoms with Crippen LogP contribution in [-0.4, -0.2) is 51.5 Å². The molecular formula is C29H28N2O7. The molecule has 0 spiro atoms. The van der Waals surface area contributed by atoms with Crippen molar-refractivity contribution in [3.8, 4) is 17.2 Å². The number of allylic oxidation sites excluding steroid dienone is 4. The fourth-order valence-electron chi connectivity index (χ4n) is 5.48. The van der Waals surface area contributed by atoms with Crippen LogP contribution in [0.4, 0.5) is 0 Å². The van der Waals surface area contributed by atoms with Gasteiger partial charge in [-0.25, -0.2) is 0 Å². The van der Waals surface area contributed by atoms with Gasteiger partial charge in [0.1, 0.15) is 34.0 Å². The van der Waals surface area contributed by atoms with E-state index in [1.165, 1.54) is 26.3 Å². The van der Waals surface area contributed by atoms with E-state index in [1.54, 1.807) is 11.8 Å². The topological polar surface area (TPSA) is 133 Å². The zero-order valence-electron chi connectivity index (χ0n) is 21.6. The van der Waals surface area contributed by atoms with E-state index in [0.717, 1.165) is 18.1 Å². The van der Waals surface area contributed by atoms with Crippen molar-refractivity contribution in [1.82, 2.24) is 10.2 Å². The summed E-state index contributed by atoms with van der Waals surface area (Å²) in [4.78, 5) is 53.9. The Hall–Kier alpha value is -4.40. The molecule has 9 nitrogen and oxygen atoms in total. The Morgan fingerprint density at radius 3 is 2.47 bits per heavy atom. The summed E-state index contributed by atoms with van der Waals surface area (Å²) in [6.45, 7) is 6.67. The second-order valence-corrected chi connectivity index (χ2v) is 10.1. The molecule has 2 heterocycles. The molecule has 1 aliphatic carbocycles. The Morgan fingerprint density at radius 2 is 1.79 bits per heavy atom. The van der Waals surface area contributed by atoms with Gasteiger partial charge in [0.15, 0.2) is 17.3 Å². The summed E-state index contributed by atoms with van der Waals surface area (Å²) in [6, 6.07) is 7.96. The van der Waals surface area contributed by atoms with Crippen molar-refractivity contribution < 1.29 is 34.1 Å². The Labute approximate surface area is 219 Å². The highest BCUT2D eigenvalue weighted by Gasteiger charge is 2.56. The number of hydrogen-bond donors (Lipinski definition) is 3. The van der Waals surface area contributed by atoms with Gasteiger partial charge in [0.05, 0.1) is 17.7 Å². The first kappa shape index (κ1) is 25.3. The van der Waals surface area contributed by atoms with E-state index in [4.69, 9.17) is 4.74 Å². The number of ether oxygens (including phenoxy) is 1. The van der Waals surface area contributed by atoms with E-state index in [1.807, 2.05) is 18.2 Å².